The van der Waals surface area contributed by atoms with Crippen LogP contribution in [0, 0.1) is 0 Å². The molecule has 0 fully saturated rings. The molecule has 0 atom stereocenters. The van der Waals surface area contributed by atoms with Crippen LogP contribution in [-0.2, 0) is 0 Å². The van der Waals surface area contributed by atoms with Gasteiger partial charge in [-0.2, -0.15) is 0 Å². The van der Waals surface area contributed by atoms with Crippen molar-refractivity contribution in [2.75, 3.05) is 32.1 Å². The van der Waals surface area contributed by atoms with Crippen LogP contribution in [0.3, 0.4) is 0 Å². The molecule has 1 aromatic rings. The maximum atomic E-state index is 4.18. The van der Waals surface area contributed by atoms with Gasteiger partial charge in [0.25, 0.3) is 0 Å². The Balaban J connectivity index is 2.24. The highest BCUT2D eigenvalue weighted by Crippen LogP contribution is 2.10. The smallest absolute Gasteiger partial charge is 0.191 e. The Hall–Kier alpha value is -1.71. The fourth-order valence-electron chi connectivity index (χ4n) is 1.80. The minimum absolute atomic E-state index is 0.401. The van der Waals surface area contributed by atoms with Crippen LogP contribution >= 0.6 is 0 Å². The summed E-state index contributed by atoms with van der Waals surface area (Å²) in [7, 11) is 3.92. The normalized spacial score (nSPS) is 11.5. The van der Waals surface area contributed by atoms with E-state index in [1.54, 1.807) is 7.05 Å². The van der Waals surface area contributed by atoms with Gasteiger partial charge in [0, 0.05) is 38.9 Å². The predicted molar refractivity (Wildman–Crippen MR) is 84.0 cm³/mol. The van der Waals surface area contributed by atoms with Gasteiger partial charge in [-0.1, -0.05) is 18.2 Å². The average molecular weight is 262 g/mol. The summed E-state index contributed by atoms with van der Waals surface area (Å²) in [6.45, 7) is 6.16. The summed E-state index contributed by atoms with van der Waals surface area (Å²) in [4.78, 5) is 6.45. The molecule has 106 valence electrons. The van der Waals surface area contributed by atoms with Crippen molar-refractivity contribution in [3.63, 3.8) is 0 Å². The molecule has 0 unspecified atom stereocenters. The van der Waals surface area contributed by atoms with Crippen LogP contribution in [0.15, 0.2) is 35.3 Å². The Morgan fingerprint density at radius 1 is 1.26 bits per heavy atom. The summed E-state index contributed by atoms with van der Waals surface area (Å²) in [5, 5.41) is 6.59. The van der Waals surface area contributed by atoms with E-state index >= 15 is 0 Å². The molecular formula is C15H26N4. The highest BCUT2D eigenvalue weighted by Gasteiger charge is 2.01. The van der Waals surface area contributed by atoms with E-state index in [4.69, 9.17) is 0 Å². The Labute approximate surface area is 116 Å². The van der Waals surface area contributed by atoms with Gasteiger partial charge in [-0.3, -0.25) is 4.99 Å². The highest BCUT2D eigenvalue weighted by atomic mass is 15.2. The number of aliphatic imine (C=N–C) groups is 1. The molecule has 0 saturated carbocycles. The third-order valence-corrected chi connectivity index (χ3v) is 2.81. The lowest BCUT2D eigenvalue weighted by molar-refractivity contribution is 0.682. The number of anilines is 1. The Bertz CT molecular complexity index is 373. The molecule has 0 aromatic heterocycles. The fourth-order valence-corrected chi connectivity index (χ4v) is 1.80. The standard InChI is InChI=1S/C15H26N4/c1-13(2)18-15(16-3)17-11-8-12-19(4)14-9-6-5-7-10-14/h5-7,9-10,13H,8,11-12H2,1-4H3,(H2,16,17,18). The maximum Gasteiger partial charge on any atom is 0.191 e. The van der Waals surface area contributed by atoms with Crippen molar-refractivity contribution >= 4 is 11.6 Å². The number of guanidine groups is 1. The van der Waals surface area contributed by atoms with Gasteiger partial charge in [0.05, 0.1) is 0 Å². The summed E-state index contributed by atoms with van der Waals surface area (Å²) < 4.78 is 0. The average Bonchev–Trinajstić information content (AvgIpc) is 2.42. The van der Waals surface area contributed by atoms with Gasteiger partial charge in [0.1, 0.15) is 0 Å². The number of nitrogens with zero attached hydrogens (tertiary/aromatic N) is 2. The number of hydrogen-bond acceptors (Lipinski definition) is 2. The van der Waals surface area contributed by atoms with Crippen LogP contribution in [0.1, 0.15) is 20.3 Å². The minimum atomic E-state index is 0.401. The number of nitrogens with one attached hydrogen (secondary N) is 2. The number of rotatable bonds is 6. The lowest BCUT2D eigenvalue weighted by atomic mass is 10.3. The van der Waals surface area contributed by atoms with Crippen LogP contribution in [-0.4, -0.2) is 39.2 Å². The zero-order valence-electron chi connectivity index (χ0n) is 12.5. The van der Waals surface area contributed by atoms with Crippen molar-refractivity contribution in [1.29, 1.82) is 0 Å². The van der Waals surface area contributed by atoms with Crippen molar-refractivity contribution in [3.8, 4) is 0 Å². The van der Waals surface area contributed by atoms with Crippen LogP contribution < -0.4 is 15.5 Å². The molecule has 1 aromatic carbocycles. The third kappa shape index (κ3) is 6.13. The molecule has 19 heavy (non-hydrogen) atoms. The van der Waals surface area contributed by atoms with Gasteiger partial charge in [-0.25, -0.2) is 0 Å². The van der Waals surface area contributed by atoms with Crippen LogP contribution in [0.25, 0.3) is 0 Å². The molecule has 0 saturated heterocycles. The van der Waals surface area contributed by atoms with Crippen LogP contribution in [0.5, 0.6) is 0 Å². The zero-order chi connectivity index (χ0) is 14.1. The number of hydrogen-bond donors (Lipinski definition) is 2. The van der Waals surface area contributed by atoms with E-state index in [0.29, 0.717) is 6.04 Å². The largest absolute Gasteiger partial charge is 0.375 e. The zero-order valence-corrected chi connectivity index (χ0v) is 12.5. The molecule has 0 radical (unpaired) electrons. The van der Waals surface area contributed by atoms with Crippen molar-refractivity contribution in [1.82, 2.24) is 10.6 Å². The monoisotopic (exact) mass is 262 g/mol. The summed E-state index contributed by atoms with van der Waals surface area (Å²) in [5.41, 5.74) is 1.26. The van der Waals surface area contributed by atoms with E-state index in [9.17, 15) is 0 Å². The first-order valence-electron chi connectivity index (χ1n) is 6.87. The van der Waals surface area contributed by atoms with E-state index in [-0.39, 0.29) is 0 Å². The molecule has 0 amide bonds. The summed E-state index contributed by atoms with van der Waals surface area (Å²) in [6, 6.07) is 10.8. The van der Waals surface area contributed by atoms with E-state index < -0.39 is 0 Å². The molecular weight excluding hydrogens is 236 g/mol. The van der Waals surface area contributed by atoms with E-state index in [1.807, 2.05) is 6.07 Å². The molecule has 1 rings (SSSR count). The summed E-state index contributed by atoms with van der Waals surface area (Å²) >= 11 is 0. The fraction of sp³-hybridized carbons (Fsp3) is 0.533. The molecule has 0 aliphatic heterocycles. The summed E-state index contributed by atoms with van der Waals surface area (Å²) in [5.74, 6) is 0.873. The second-order valence-corrected chi connectivity index (χ2v) is 4.91. The topological polar surface area (TPSA) is 39.7 Å². The van der Waals surface area contributed by atoms with Crippen molar-refractivity contribution in [3.05, 3.63) is 30.3 Å². The second kappa shape index (κ2) is 8.40. The Morgan fingerprint density at radius 2 is 1.95 bits per heavy atom. The van der Waals surface area contributed by atoms with Gasteiger partial charge in [-0.15, -0.1) is 0 Å². The van der Waals surface area contributed by atoms with Gasteiger partial charge in [0.2, 0.25) is 0 Å². The lowest BCUT2D eigenvalue weighted by Gasteiger charge is -2.20. The molecule has 0 aliphatic rings. The molecule has 0 bridgehead atoms. The molecule has 0 aliphatic carbocycles. The molecule has 4 nitrogen and oxygen atoms in total. The predicted octanol–water partition coefficient (Wildman–Crippen LogP) is 2.09. The molecule has 2 N–H and O–H groups in total. The van der Waals surface area contributed by atoms with Crippen molar-refractivity contribution < 1.29 is 0 Å². The second-order valence-electron chi connectivity index (χ2n) is 4.91. The Kier molecular flexibility index (Phi) is 6.79. The van der Waals surface area contributed by atoms with E-state index in [2.05, 4.69) is 65.7 Å². The third-order valence-electron chi connectivity index (χ3n) is 2.81. The van der Waals surface area contributed by atoms with Gasteiger partial charge >= 0.3 is 0 Å². The quantitative estimate of drug-likeness (QED) is 0.468. The SMILES string of the molecule is CN=C(NCCCN(C)c1ccccc1)NC(C)C. The highest BCUT2D eigenvalue weighted by molar-refractivity contribution is 5.79. The first-order valence-corrected chi connectivity index (χ1v) is 6.87. The van der Waals surface area contributed by atoms with Gasteiger partial charge in [0.15, 0.2) is 5.96 Å². The van der Waals surface area contributed by atoms with Crippen LogP contribution in [0.4, 0.5) is 5.69 Å². The first-order chi connectivity index (χ1) is 9.13. The lowest BCUT2D eigenvalue weighted by Crippen LogP contribution is -2.41. The number of para-hydroxylation sites is 1. The van der Waals surface area contributed by atoms with E-state index in [1.165, 1.54) is 5.69 Å². The van der Waals surface area contributed by atoms with Crippen molar-refractivity contribution in [2.45, 2.75) is 26.3 Å². The van der Waals surface area contributed by atoms with Crippen LogP contribution in [0.2, 0.25) is 0 Å². The molecule has 0 spiro atoms. The number of benzene rings is 1. The Morgan fingerprint density at radius 3 is 2.53 bits per heavy atom. The summed E-state index contributed by atoms with van der Waals surface area (Å²) in [6.07, 6.45) is 1.07. The van der Waals surface area contributed by atoms with Gasteiger partial charge in [-0.05, 0) is 32.4 Å². The first kappa shape index (κ1) is 15.3. The maximum absolute atomic E-state index is 4.18. The van der Waals surface area contributed by atoms with E-state index in [0.717, 1.165) is 25.5 Å². The van der Waals surface area contributed by atoms with Gasteiger partial charge < -0.3 is 15.5 Å². The molecule has 4 heteroatoms. The molecule has 0 heterocycles. The van der Waals surface area contributed by atoms with Crippen molar-refractivity contribution in [2.24, 2.45) is 4.99 Å². The minimum Gasteiger partial charge on any atom is -0.375 e.